The monoisotopic (exact) mass is 450 g/mol. The van der Waals surface area contributed by atoms with Gasteiger partial charge in [0.1, 0.15) is 23.5 Å². The average Bonchev–Trinajstić information content (AvgIpc) is 3.38. The summed E-state index contributed by atoms with van der Waals surface area (Å²) in [6.45, 7) is 4.68. The number of aromatic nitrogens is 5. The zero-order valence-electron chi connectivity index (χ0n) is 16.7. The van der Waals surface area contributed by atoms with E-state index in [1.807, 2.05) is 30.0 Å². The minimum Gasteiger partial charge on any atom is -0.495 e. The summed E-state index contributed by atoms with van der Waals surface area (Å²) < 4.78 is 8.54. The number of carbonyl (C=O) groups is 1. The van der Waals surface area contributed by atoms with Crippen LogP contribution in [0.4, 0.5) is 5.69 Å². The van der Waals surface area contributed by atoms with Crippen LogP contribution in [-0.2, 0) is 11.3 Å². The van der Waals surface area contributed by atoms with E-state index in [9.17, 15) is 4.79 Å². The summed E-state index contributed by atoms with van der Waals surface area (Å²) in [5, 5.41) is 12.2. The van der Waals surface area contributed by atoms with Crippen molar-refractivity contribution in [2.45, 2.75) is 13.5 Å². The Hall–Kier alpha value is -2.78. The third-order valence-electron chi connectivity index (χ3n) is 5.22. The summed E-state index contributed by atoms with van der Waals surface area (Å²) in [4.78, 5) is 16.9. The van der Waals surface area contributed by atoms with Gasteiger partial charge in [0.05, 0.1) is 17.8 Å². The number of hydrogen-bond acceptors (Lipinski definition) is 5. The third kappa shape index (κ3) is 3.95. The largest absolute Gasteiger partial charge is 0.495 e. The number of amides is 1. The van der Waals surface area contributed by atoms with Gasteiger partial charge >= 0.3 is 5.82 Å². The van der Waals surface area contributed by atoms with Crippen LogP contribution in [0.15, 0.2) is 30.6 Å². The van der Waals surface area contributed by atoms with E-state index in [1.165, 1.54) is 0 Å². The van der Waals surface area contributed by atoms with Gasteiger partial charge in [-0.25, -0.2) is 0 Å². The molecule has 0 radical (unpaired) electrons. The van der Waals surface area contributed by atoms with E-state index in [4.69, 9.17) is 27.9 Å². The molecule has 4 rings (SSSR count). The topological polar surface area (TPSA) is 83.2 Å². The van der Waals surface area contributed by atoms with Crippen LogP contribution in [0.1, 0.15) is 5.69 Å². The van der Waals surface area contributed by atoms with Gasteiger partial charge in [-0.05, 0) is 29.3 Å². The van der Waals surface area contributed by atoms with Crippen molar-refractivity contribution >= 4 is 34.8 Å². The molecule has 1 aliphatic heterocycles. The Kier molecular flexibility index (Phi) is 5.83. The standard InChI is InChI=1S/C19H21Cl2N7O2/c1-13-18(21)19(27-6-5-22-24-27)23-28(13)12-17(29)26-9-7-25(8-10-26)14-3-4-15(20)16(11-14)30-2/h3-6,11H,7-10,12H2,1-2H3/p+1. The zero-order chi connectivity index (χ0) is 21.3. The van der Waals surface area contributed by atoms with E-state index in [0.717, 1.165) is 24.5 Å². The number of benzene rings is 1. The SMILES string of the molecule is COc1cc(N2CCN(C(=O)Cn3nc(-[n+]4ccn[nH]4)c(Cl)c3C)CC2)ccc1Cl. The fourth-order valence-electron chi connectivity index (χ4n) is 3.45. The quantitative estimate of drug-likeness (QED) is 0.599. The number of nitrogens with zero attached hydrogens (tertiary/aromatic N) is 6. The molecule has 0 saturated carbocycles. The van der Waals surface area contributed by atoms with Crippen LogP contribution in [0, 0.1) is 6.92 Å². The predicted octanol–water partition coefficient (Wildman–Crippen LogP) is 1.86. The van der Waals surface area contributed by atoms with Gasteiger partial charge in [-0.1, -0.05) is 23.2 Å². The van der Waals surface area contributed by atoms with Crippen molar-refractivity contribution in [1.82, 2.24) is 25.0 Å². The number of ether oxygens (including phenoxy) is 1. The number of halogens is 2. The van der Waals surface area contributed by atoms with Crippen LogP contribution in [0.25, 0.3) is 5.82 Å². The van der Waals surface area contributed by atoms with Crippen molar-refractivity contribution in [3.05, 3.63) is 46.3 Å². The predicted molar refractivity (Wildman–Crippen MR) is 112 cm³/mol. The lowest BCUT2D eigenvalue weighted by molar-refractivity contribution is -0.663. The number of carbonyl (C=O) groups excluding carboxylic acids is 1. The van der Waals surface area contributed by atoms with Gasteiger partial charge in [0.2, 0.25) is 5.91 Å². The molecule has 9 nitrogen and oxygen atoms in total. The fraction of sp³-hybridized carbons (Fsp3) is 0.368. The number of H-pyrrole nitrogens is 1. The Morgan fingerprint density at radius 3 is 2.70 bits per heavy atom. The van der Waals surface area contributed by atoms with Gasteiger partial charge in [0, 0.05) is 37.9 Å². The molecule has 2 aromatic heterocycles. The van der Waals surface area contributed by atoms with Crippen molar-refractivity contribution < 1.29 is 14.2 Å². The van der Waals surface area contributed by atoms with Crippen molar-refractivity contribution in [3.63, 3.8) is 0 Å². The Morgan fingerprint density at radius 1 is 1.27 bits per heavy atom. The first-order valence-corrected chi connectivity index (χ1v) is 10.2. The molecule has 1 saturated heterocycles. The highest BCUT2D eigenvalue weighted by Gasteiger charge is 2.26. The Morgan fingerprint density at radius 2 is 2.03 bits per heavy atom. The first kappa shape index (κ1) is 20.5. The lowest BCUT2D eigenvalue weighted by atomic mass is 10.2. The lowest BCUT2D eigenvalue weighted by Crippen LogP contribution is -2.49. The maximum absolute atomic E-state index is 12.9. The van der Waals surface area contributed by atoms with E-state index in [1.54, 1.807) is 28.9 Å². The minimum atomic E-state index is 0.00626. The smallest absolute Gasteiger partial charge is 0.328 e. The summed E-state index contributed by atoms with van der Waals surface area (Å²) in [6, 6.07) is 5.71. The minimum absolute atomic E-state index is 0.00626. The summed E-state index contributed by atoms with van der Waals surface area (Å²) in [5.41, 5.74) is 1.76. The van der Waals surface area contributed by atoms with E-state index in [0.29, 0.717) is 34.7 Å². The van der Waals surface area contributed by atoms with Gasteiger partial charge in [-0.2, -0.15) is 4.68 Å². The van der Waals surface area contributed by atoms with E-state index < -0.39 is 0 Å². The summed E-state index contributed by atoms with van der Waals surface area (Å²) in [5.74, 6) is 1.16. The van der Waals surface area contributed by atoms with E-state index in [-0.39, 0.29) is 12.5 Å². The molecule has 1 fully saturated rings. The molecule has 1 N–H and O–H groups in total. The number of anilines is 1. The highest BCUT2D eigenvalue weighted by molar-refractivity contribution is 6.32. The second kappa shape index (κ2) is 8.53. The molecule has 0 spiro atoms. The second-order valence-electron chi connectivity index (χ2n) is 6.96. The van der Waals surface area contributed by atoms with E-state index in [2.05, 4.69) is 20.3 Å². The van der Waals surface area contributed by atoms with Crippen LogP contribution < -0.4 is 14.3 Å². The first-order valence-electron chi connectivity index (χ1n) is 9.48. The molecule has 11 heteroatoms. The molecule has 0 aliphatic carbocycles. The van der Waals surface area contributed by atoms with Crippen molar-refractivity contribution in [1.29, 1.82) is 0 Å². The third-order valence-corrected chi connectivity index (χ3v) is 5.97. The van der Waals surface area contributed by atoms with Crippen LogP contribution in [0.3, 0.4) is 0 Å². The molecule has 1 aliphatic rings. The van der Waals surface area contributed by atoms with Crippen LogP contribution in [0.5, 0.6) is 5.75 Å². The van der Waals surface area contributed by atoms with E-state index >= 15 is 0 Å². The van der Waals surface area contributed by atoms with Crippen LogP contribution in [-0.4, -0.2) is 64.2 Å². The number of piperazine rings is 1. The zero-order valence-corrected chi connectivity index (χ0v) is 18.2. The molecule has 158 valence electrons. The van der Waals surface area contributed by atoms with Gasteiger partial charge < -0.3 is 14.5 Å². The van der Waals surface area contributed by atoms with Crippen molar-refractivity contribution in [2.75, 3.05) is 38.2 Å². The molecule has 0 unspecified atom stereocenters. The van der Waals surface area contributed by atoms with Crippen molar-refractivity contribution in [2.24, 2.45) is 0 Å². The molecular weight excluding hydrogens is 429 g/mol. The maximum atomic E-state index is 12.9. The Bertz CT molecular complexity index is 1040. The molecular formula is C19H22Cl2N7O2+. The van der Waals surface area contributed by atoms with Gasteiger partial charge in [-0.15, -0.1) is 9.90 Å². The van der Waals surface area contributed by atoms with Gasteiger partial charge in [0.15, 0.2) is 6.20 Å². The average molecular weight is 451 g/mol. The molecule has 3 aromatic rings. The van der Waals surface area contributed by atoms with Gasteiger partial charge in [0.25, 0.3) is 0 Å². The Labute approximate surface area is 183 Å². The lowest BCUT2D eigenvalue weighted by Gasteiger charge is -2.36. The fourth-order valence-corrected chi connectivity index (χ4v) is 3.87. The van der Waals surface area contributed by atoms with Crippen LogP contribution in [0.2, 0.25) is 10.0 Å². The molecule has 1 amide bonds. The molecule has 0 bridgehead atoms. The number of methoxy groups -OCH3 is 1. The molecule has 30 heavy (non-hydrogen) atoms. The number of hydrogen-bond donors (Lipinski definition) is 1. The van der Waals surface area contributed by atoms with Crippen LogP contribution >= 0.6 is 23.2 Å². The number of aromatic amines is 1. The number of nitrogens with one attached hydrogen (secondary N) is 1. The molecule has 1 aromatic carbocycles. The molecule has 3 heterocycles. The summed E-state index contributed by atoms with van der Waals surface area (Å²) in [6.07, 6.45) is 3.32. The van der Waals surface area contributed by atoms with Crippen molar-refractivity contribution in [3.8, 4) is 11.6 Å². The maximum Gasteiger partial charge on any atom is 0.328 e. The first-order chi connectivity index (χ1) is 14.5. The summed E-state index contributed by atoms with van der Waals surface area (Å²) >= 11 is 12.5. The number of rotatable bonds is 5. The highest BCUT2D eigenvalue weighted by atomic mass is 35.5. The van der Waals surface area contributed by atoms with Gasteiger partial charge in [-0.3, -0.25) is 4.79 Å². The highest BCUT2D eigenvalue weighted by Crippen LogP contribution is 2.30. The summed E-state index contributed by atoms with van der Waals surface area (Å²) in [7, 11) is 1.60. The molecule has 0 atom stereocenters. The second-order valence-corrected chi connectivity index (χ2v) is 7.75. The Balaban J connectivity index is 1.40. The normalized spacial score (nSPS) is 14.3.